The van der Waals surface area contributed by atoms with Gasteiger partial charge in [0.25, 0.3) is 11.8 Å². The van der Waals surface area contributed by atoms with Crippen molar-refractivity contribution >= 4 is 38.7 Å². The van der Waals surface area contributed by atoms with Crippen LogP contribution >= 0.6 is 0 Å². The number of Topliss-reactive ketones (excluding diaryl/α,β-unsaturated/α-hetero) is 1. The Morgan fingerprint density at radius 2 is 1.74 bits per heavy atom. The lowest BCUT2D eigenvalue weighted by Gasteiger charge is -2.28. The summed E-state index contributed by atoms with van der Waals surface area (Å²) in [6, 6.07) is 14.2. The molecule has 3 aromatic rings. The SMILES string of the molecule is CC[C@@H](NC(=O)[C@@H](CS(=O)(=O)Cc1ccccc1)OC(=O)N1CCOCC1)C(=O)c1nc2ccccc2o1. The first kappa shape index (κ1) is 27.3. The van der Waals surface area contributed by atoms with Crippen molar-refractivity contribution in [3.05, 3.63) is 66.1 Å². The molecule has 2 aromatic carbocycles. The minimum atomic E-state index is -3.88. The van der Waals surface area contributed by atoms with Gasteiger partial charge in [-0.2, -0.15) is 0 Å². The first-order chi connectivity index (χ1) is 18.3. The number of rotatable bonds is 10. The van der Waals surface area contributed by atoms with Crippen LogP contribution in [-0.2, 0) is 29.9 Å². The number of hydrogen-bond acceptors (Lipinski definition) is 9. The average Bonchev–Trinajstić information content (AvgIpc) is 3.36. The summed E-state index contributed by atoms with van der Waals surface area (Å²) in [5, 5.41) is 2.53. The number of nitrogens with zero attached hydrogens (tertiary/aromatic N) is 2. The summed E-state index contributed by atoms with van der Waals surface area (Å²) >= 11 is 0. The van der Waals surface area contributed by atoms with Gasteiger partial charge in [-0.25, -0.2) is 18.2 Å². The number of hydrogen-bond donors (Lipinski definition) is 1. The molecule has 1 aliphatic rings. The third-order valence-electron chi connectivity index (χ3n) is 5.99. The zero-order valence-corrected chi connectivity index (χ0v) is 21.7. The van der Waals surface area contributed by atoms with Gasteiger partial charge in [0, 0.05) is 13.1 Å². The van der Waals surface area contributed by atoms with Gasteiger partial charge < -0.3 is 24.1 Å². The third kappa shape index (κ3) is 6.95. The van der Waals surface area contributed by atoms with Gasteiger partial charge in [0.1, 0.15) is 5.52 Å². The van der Waals surface area contributed by atoms with Gasteiger partial charge >= 0.3 is 6.09 Å². The van der Waals surface area contributed by atoms with Gasteiger partial charge in [-0.15, -0.1) is 0 Å². The molecule has 1 fully saturated rings. The van der Waals surface area contributed by atoms with Crippen LogP contribution < -0.4 is 5.32 Å². The number of fused-ring (bicyclic) bond motifs is 1. The highest BCUT2D eigenvalue weighted by molar-refractivity contribution is 7.90. The number of amides is 2. The highest BCUT2D eigenvalue weighted by atomic mass is 32.2. The van der Waals surface area contributed by atoms with Crippen molar-refractivity contribution in [1.82, 2.24) is 15.2 Å². The van der Waals surface area contributed by atoms with Crippen molar-refractivity contribution in [2.75, 3.05) is 32.1 Å². The molecule has 1 aliphatic heterocycles. The fourth-order valence-corrected chi connectivity index (χ4v) is 5.47. The average molecular weight is 544 g/mol. The van der Waals surface area contributed by atoms with Crippen LogP contribution in [0.3, 0.4) is 0 Å². The van der Waals surface area contributed by atoms with E-state index in [4.69, 9.17) is 13.9 Å². The highest BCUT2D eigenvalue weighted by Crippen LogP contribution is 2.17. The molecule has 0 saturated carbocycles. The second-order valence-corrected chi connectivity index (χ2v) is 10.9. The lowest BCUT2D eigenvalue weighted by molar-refractivity contribution is -0.129. The molecular weight excluding hydrogens is 514 g/mol. The van der Waals surface area contributed by atoms with Gasteiger partial charge in [-0.1, -0.05) is 49.4 Å². The highest BCUT2D eigenvalue weighted by Gasteiger charge is 2.34. The Bertz CT molecular complexity index is 1350. The Hall–Kier alpha value is -3.77. The Morgan fingerprint density at radius 3 is 2.42 bits per heavy atom. The second-order valence-electron chi connectivity index (χ2n) is 8.83. The maximum absolute atomic E-state index is 13.3. The molecule has 0 unspecified atom stereocenters. The van der Waals surface area contributed by atoms with Crippen LogP contribution in [0.25, 0.3) is 11.1 Å². The van der Waals surface area contributed by atoms with Crippen LogP contribution in [0.5, 0.6) is 0 Å². The van der Waals surface area contributed by atoms with Crippen LogP contribution in [0.4, 0.5) is 4.79 Å². The summed E-state index contributed by atoms with van der Waals surface area (Å²) in [4.78, 5) is 44.6. The van der Waals surface area contributed by atoms with Crippen LogP contribution in [-0.4, -0.2) is 80.3 Å². The van der Waals surface area contributed by atoms with E-state index in [0.29, 0.717) is 29.9 Å². The van der Waals surface area contributed by atoms with E-state index in [2.05, 4.69) is 10.3 Å². The number of morpholine rings is 1. The van der Waals surface area contributed by atoms with E-state index < -0.39 is 45.5 Å². The fourth-order valence-electron chi connectivity index (χ4n) is 3.97. The van der Waals surface area contributed by atoms with Gasteiger partial charge in [-0.3, -0.25) is 9.59 Å². The molecule has 0 bridgehead atoms. The van der Waals surface area contributed by atoms with E-state index in [-0.39, 0.29) is 31.2 Å². The molecule has 2 atom stereocenters. The summed E-state index contributed by atoms with van der Waals surface area (Å²) in [6.07, 6.45) is -2.34. The van der Waals surface area contributed by atoms with E-state index in [9.17, 15) is 22.8 Å². The van der Waals surface area contributed by atoms with Crippen molar-refractivity contribution in [2.45, 2.75) is 31.2 Å². The topological polar surface area (TPSA) is 145 Å². The third-order valence-corrected chi connectivity index (χ3v) is 7.57. The predicted molar refractivity (Wildman–Crippen MR) is 137 cm³/mol. The summed E-state index contributed by atoms with van der Waals surface area (Å²) < 4.78 is 42.1. The first-order valence-electron chi connectivity index (χ1n) is 12.2. The molecule has 1 N–H and O–H groups in total. The quantitative estimate of drug-likeness (QED) is 0.381. The monoisotopic (exact) mass is 543 g/mol. The summed E-state index contributed by atoms with van der Waals surface area (Å²) in [5.74, 6) is -2.76. The number of oxazole rings is 1. The van der Waals surface area contributed by atoms with E-state index in [1.165, 1.54) is 4.90 Å². The van der Waals surface area contributed by atoms with Crippen LogP contribution in [0.1, 0.15) is 29.6 Å². The van der Waals surface area contributed by atoms with Crippen molar-refractivity contribution in [2.24, 2.45) is 0 Å². The molecule has 0 spiro atoms. The molecule has 202 valence electrons. The van der Waals surface area contributed by atoms with Crippen LogP contribution in [0.2, 0.25) is 0 Å². The standard InChI is InChI=1S/C26H29N3O8S/c1-2-19(23(30)25-28-20-10-6-7-11-21(20)36-25)27-24(31)22(37-26(32)29-12-14-35-15-13-29)17-38(33,34)16-18-8-4-3-5-9-18/h3-11,19,22H,2,12-17H2,1H3,(H,27,31)/t19-,22-/m1/s1. The molecule has 4 rings (SSSR count). The lowest BCUT2D eigenvalue weighted by atomic mass is 10.1. The van der Waals surface area contributed by atoms with E-state index >= 15 is 0 Å². The fraction of sp³-hybridized carbons (Fsp3) is 0.385. The number of ketones is 1. The summed E-state index contributed by atoms with van der Waals surface area (Å²) in [7, 11) is -3.88. The zero-order valence-electron chi connectivity index (χ0n) is 20.9. The smallest absolute Gasteiger partial charge is 0.410 e. The van der Waals surface area contributed by atoms with E-state index in [1.54, 1.807) is 61.5 Å². The van der Waals surface area contributed by atoms with E-state index in [1.807, 2.05) is 0 Å². The molecule has 2 amide bonds. The number of sulfone groups is 1. The van der Waals surface area contributed by atoms with Gasteiger partial charge in [-0.05, 0) is 24.1 Å². The van der Waals surface area contributed by atoms with Gasteiger partial charge in [0.15, 0.2) is 21.5 Å². The number of benzene rings is 2. The normalized spacial score (nSPS) is 15.6. The zero-order chi connectivity index (χ0) is 27.1. The molecule has 1 saturated heterocycles. The summed E-state index contributed by atoms with van der Waals surface area (Å²) in [5.41, 5.74) is 1.44. The van der Waals surface area contributed by atoms with Crippen LogP contribution in [0.15, 0.2) is 59.0 Å². The minimum Gasteiger partial charge on any atom is -0.435 e. The maximum Gasteiger partial charge on any atom is 0.410 e. The number of carbonyl (C=O) groups is 3. The number of aromatic nitrogens is 1. The van der Waals surface area contributed by atoms with Crippen molar-refractivity contribution < 1.29 is 36.7 Å². The maximum atomic E-state index is 13.3. The molecule has 12 heteroatoms. The molecule has 11 nitrogen and oxygen atoms in total. The Labute approximate surface area is 220 Å². The molecule has 0 aliphatic carbocycles. The Balaban J connectivity index is 1.51. The molecule has 1 aromatic heterocycles. The first-order valence-corrected chi connectivity index (χ1v) is 14.1. The number of ether oxygens (including phenoxy) is 2. The van der Waals surface area contributed by atoms with Gasteiger partial charge in [0.05, 0.1) is 30.8 Å². The number of para-hydroxylation sites is 2. The largest absolute Gasteiger partial charge is 0.435 e. The van der Waals surface area contributed by atoms with Gasteiger partial charge in [0.2, 0.25) is 5.78 Å². The molecule has 2 heterocycles. The molecule has 38 heavy (non-hydrogen) atoms. The molecule has 0 radical (unpaired) electrons. The summed E-state index contributed by atoms with van der Waals surface area (Å²) in [6.45, 7) is 2.77. The second kappa shape index (κ2) is 12.2. The van der Waals surface area contributed by atoms with Crippen molar-refractivity contribution in [3.8, 4) is 0 Å². The van der Waals surface area contributed by atoms with Crippen molar-refractivity contribution in [3.63, 3.8) is 0 Å². The predicted octanol–water partition coefficient (Wildman–Crippen LogP) is 2.36. The number of carbonyl (C=O) groups excluding carboxylic acids is 3. The minimum absolute atomic E-state index is 0.171. The Kier molecular flexibility index (Phi) is 8.74. The van der Waals surface area contributed by atoms with E-state index in [0.717, 1.165) is 0 Å². The Morgan fingerprint density at radius 1 is 1.05 bits per heavy atom. The van der Waals surface area contributed by atoms with Crippen molar-refractivity contribution in [1.29, 1.82) is 0 Å². The number of nitrogens with one attached hydrogen (secondary N) is 1. The lowest BCUT2D eigenvalue weighted by Crippen LogP contribution is -2.51. The van der Waals surface area contributed by atoms with Crippen LogP contribution in [0, 0.1) is 0 Å². The molecular formula is C26H29N3O8S.